The maximum atomic E-state index is 13.6. The summed E-state index contributed by atoms with van der Waals surface area (Å²) in [5, 5.41) is 21.6. The highest BCUT2D eigenvalue weighted by molar-refractivity contribution is 6.12. The zero-order chi connectivity index (χ0) is 25.4. The first-order chi connectivity index (χ1) is 16.7. The van der Waals surface area contributed by atoms with Gasteiger partial charge < -0.3 is 14.3 Å². The van der Waals surface area contributed by atoms with Gasteiger partial charge in [0.2, 0.25) is 11.7 Å². The third-order valence-corrected chi connectivity index (χ3v) is 6.57. The highest BCUT2D eigenvalue weighted by atomic mass is 16.5. The van der Waals surface area contributed by atoms with E-state index in [1.807, 2.05) is 44.2 Å². The van der Waals surface area contributed by atoms with Crippen LogP contribution in [0.25, 0.3) is 11.0 Å². The van der Waals surface area contributed by atoms with E-state index in [1.54, 1.807) is 26.2 Å². The lowest BCUT2D eigenvalue weighted by atomic mass is 9.98. The quantitative estimate of drug-likeness (QED) is 0.402. The number of fused-ring (bicyclic) bond motifs is 1. The minimum Gasteiger partial charge on any atom is -0.497 e. The predicted molar refractivity (Wildman–Crippen MR) is 132 cm³/mol. The number of aromatic nitrogens is 1. The maximum absolute atomic E-state index is 13.6. The normalized spacial score (nSPS) is 11.0. The van der Waals surface area contributed by atoms with Crippen LogP contribution in [-0.2, 0) is 13.0 Å². The van der Waals surface area contributed by atoms with E-state index in [-0.39, 0.29) is 29.0 Å². The van der Waals surface area contributed by atoms with Crippen LogP contribution in [0.1, 0.15) is 49.5 Å². The molecule has 0 amide bonds. The number of furan rings is 1. The van der Waals surface area contributed by atoms with Gasteiger partial charge in [-0.05, 0) is 80.6 Å². The van der Waals surface area contributed by atoms with E-state index in [4.69, 9.17) is 9.15 Å². The number of nitriles is 1. The molecule has 2 heterocycles. The van der Waals surface area contributed by atoms with Crippen molar-refractivity contribution in [1.82, 2.24) is 4.57 Å². The second-order valence-corrected chi connectivity index (χ2v) is 8.68. The Hall–Kier alpha value is -4.31. The fourth-order valence-corrected chi connectivity index (χ4v) is 4.27. The molecule has 178 valence electrons. The number of nitrogens with zero attached hydrogens (tertiary/aromatic N) is 2. The summed E-state index contributed by atoms with van der Waals surface area (Å²) in [5.41, 5.74) is 3.42. The molecule has 2 aromatic heterocycles. The van der Waals surface area contributed by atoms with Gasteiger partial charge in [0.1, 0.15) is 23.0 Å². The van der Waals surface area contributed by atoms with Crippen molar-refractivity contribution in [2.45, 2.75) is 40.7 Å². The van der Waals surface area contributed by atoms with E-state index in [2.05, 4.69) is 0 Å². The standard InChI is InChI=1S/C28H26N2O5/c1-15-12-21-18(4)26(35-23(21)13-16(15)2)25(31)24-17(3)22(14-29)27(32)30(28(24)33)11-10-19-6-8-20(34-5)9-7-19/h6-9,12-13,33H,10-11H2,1-5H3. The molecule has 0 aliphatic heterocycles. The number of aromatic hydroxyl groups is 1. The monoisotopic (exact) mass is 470 g/mol. The van der Waals surface area contributed by atoms with E-state index in [0.29, 0.717) is 23.3 Å². The second-order valence-electron chi connectivity index (χ2n) is 8.68. The molecule has 4 aromatic rings. The Morgan fingerprint density at radius 3 is 2.37 bits per heavy atom. The van der Waals surface area contributed by atoms with Crippen LogP contribution in [0.3, 0.4) is 0 Å². The lowest BCUT2D eigenvalue weighted by molar-refractivity contribution is 0.100. The van der Waals surface area contributed by atoms with E-state index in [1.165, 1.54) is 6.92 Å². The van der Waals surface area contributed by atoms with Crippen LogP contribution in [0.5, 0.6) is 11.6 Å². The second kappa shape index (κ2) is 9.15. The number of methoxy groups -OCH3 is 1. The molecule has 0 radical (unpaired) electrons. The van der Waals surface area contributed by atoms with Gasteiger partial charge in [0, 0.05) is 17.5 Å². The molecular formula is C28H26N2O5. The largest absolute Gasteiger partial charge is 0.497 e. The number of hydrogen-bond donors (Lipinski definition) is 1. The Morgan fingerprint density at radius 1 is 1.09 bits per heavy atom. The van der Waals surface area contributed by atoms with Gasteiger partial charge in [0.05, 0.1) is 12.7 Å². The third kappa shape index (κ3) is 4.08. The molecule has 0 aliphatic carbocycles. The fraction of sp³-hybridized carbons (Fsp3) is 0.250. The van der Waals surface area contributed by atoms with E-state index in [0.717, 1.165) is 26.6 Å². The van der Waals surface area contributed by atoms with Crippen molar-refractivity contribution in [3.63, 3.8) is 0 Å². The van der Waals surface area contributed by atoms with Gasteiger partial charge >= 0.3 is 0 Å². The minimum atomic E-state index is -0.639. The Labute approximate surface area is 202 Å². The molecule has 0 aliphatic rings. The van der Waals surface area contributed by atoms with Gasteiger partial charge in [0.25, 0.3) is 5.56 Å². The maximum Gasteiger partial charge on any atom is 0.271 e. The first kappa shape index (κ1) is 23.8. The number of carbonyl (C=O) groups is 1. The topological polar surface area (TPSA) is 105 Å². The average Bonchev–Trinajstić information content (AvgIpc) is 3.15. The Bertz CT molecular complexity index is 1570. The highest BCUT2D eigenvalue weighted by Crippen LogP contribution is 2.32. The SMILES string of the molecule is COc1ccc(CCn2c(O)c(C(=O)c3oc4cc(C)c(C)cc4c3C)c(C)c(C#N)c2=O)cc1. The van der Waals surface area contributed by atoms with Gasteiger partial charge in [-0.15, -0.1) is 0 Å². The molecule has 0 fully saturated rings. The summed E-state index contributed by atoms with van der Waals surface area (Å²) in [7, 11) is 1.58. The van der Waals surface area contributed by atoms with Crippen molar-refractivity contribution in [3.8, 4) is 17.7 Å². The van der Waals surface area contributed by atoms with Crippen LogP contribution in [-0.4, -0.2) is 22.6 Å². The zero-order valence-corrected chi connectivity index (χ0v) is 20.4. The van der Waals surface area contributed by atoms with Gasteiger partial charge in [-0.3, -0.25) is 14.2 Å². The summed E-state index contributed by atoms with van der Waals surface area (Å²) < 4.78 is 12.2. The smallest absolute Gasteiger partial charge is 0.271 e. The van der Waals surface area contributed by atoms with E-state index in [9.17, 15) is 20.0 Å². The number of ether oxygens (including phenoxy) is 1. The van der Waals surface area contributed by atoms with Crippen LogP contribution >= 0.6 is 0 Å². The summed E-state index contributed by atoms with van der Waals surface area (Å²) in [6, 6.07) is 13.1. The first-order valence-electron chi connectivity index (χ1n) is 11.2. The molecule has 0 unspecified atom stereocenters. The molecule has 2 aromatic carbocycles. The molecule has 0 saturated heterocycles. The number of aryl methyl sites for hydroxylation is 4. The van der Waals surface area contributed by atoms with Crippen molar-refractivity contribution in [1.29, 1.82) is 5.26 Å². The van der Waals surface area contributed by atoms with Crippen LogP contribution in [0.2, 0.25) is 0 Å². The Balaban J connectivity index is 1.81. The molecule has 0 saturated carbocycles. The molecule has 0 bridgehead atoms. The number of carbonyl (C=O) groups excluding carboxylic acids is 1. The lowest BCUT2D eigenvalue weighted by Gasteiger charge is -2.15. The molecule has 7 nitrogen and oxygen atoms in total. The number of benzene rings is 2. The number of ketones is 1. The van der Waals surface area contributed by atoms with Crippen LogP contribution in [0.4, 0.5) is 0 Å². The summed E-state index contributed by atoms with van der Waals surface area (Å²) in [6.07, 6.45) is 0.404. The van der Waals surface area contributed by atoms with Gasteiger partial charge in [-0.1, -0.05) is 12.1 Å². The Kier molecular flexibility index (Phi) is 6.23. The highest BCUT2D eigenvalue weighted by Gasteiger charge is 2.28. The third-order valence-electron chi connectivity index (χ3n) is 6.57. The minimum absolute atomic E-state index is 0.0765. The van der Waals surface area contributed by atoms with E-state index < -0.39 is 17.2 Å². The van der Waals surface area contributed by atoms with Crippen molar-refractivity contribution in [2.75, 3.05) is 7.11 Å². The number of rotatable bonds is 6. The fourth-order valence-electron chi connectivity index (χ4n) is 4.27. The average molecular weight is 471 g/mol. The zero-order valence-electron chi connectivity index (χ0n) is 20.4. The van der Waals surface area contributed by atoms with Gasteiger partial charge in [-0.2, -0.15) is 5.26 Å². The summed E-state index contributed by atoms with van der Waals surface area (Å²) >= 11 is 0. The molecule has 7 heteroatoms. The molecular weight excluding hydrogens is 444 g/mol. The predicted octanol–water partition coefficient (Wildman–Crippen LogP) is 4.89. The van der Waals surface area contributed by atoms with Crippen molar-refractivity contribution in [2.24, 2.45) is 0 Å². The molecule has 0 atom stereocenters. The first-order valence-corrected chi connectivity index (χ1v) is 11.2. The summed E-state index contributed by atoms with van der Waals surface area (Å²) in [6.45, 7) is 7.31. The molecule has 35 heavy (non-hydrogen) atoms. The van der Waals surface area contributed by atoms with Crippen molar-refractivity contribution in [3.05, 3.63) is 91.5 Å². The van der Waals surface area contributed by atoms with Crippen molar-refractivity contribution >= 4 is 16.8 Å². The number of hydrogen-bond acceptors (Lipinski definition) is 6. The lowest BCUT2D eigenvalue weighted by Crippen LogP contribution is -2.27. The summed E-state index contributed by atoms with van der Waals surface area (Å²) in [4.78, 5) is 26.6. The molecule has 0 spiro atoms. The summed E-state index contributed by atoms with van der Waals surface area (Å²) in [5.74, 6) is -0.265. The van der Waals surface area contributed by atoms with E-state index >= 15 is 0 Å². The van der Waals surface area contributed by atoms with Crippen LogP contribution in [0.15, 0.2) is 45.6 Å². The van der Waals surface area contributed by atoms with Crippen LogP contribution in [0, 0.1) is 39.0 Å². The van der Waals surface area contributed by atoms with Crippen LogP contribution < -0.4 is 10.3 Å². The number of pyridine rings is 1. The van der Waals surface area contributed by atoms with Gasteiger partial charge in [0.15, 0.2) is 5.76 Å². The van der Waals surface area contributed by atoms with Crippen molar-refractivity contribution < 1.29 is 19.1 Å². The molecule has 1 N–H and O–H groups in total. The van der Waals surface area contributed by atoms with Gasteiger partial charge in [-0.25, -0.2) is 0 Å². The Morgan fingerprint density at radius 2 is 1.74 bits per heavy atom. The molecule has 4 rings (SSSR count).